The Balaban J connectivity index is 2.55. The molecule has 1 heterocycles. The summed E-state index contributed by atoms with van der Waals surface area (Å²) >= 11 is 0. The molecule has 0 amide bonds. The molecule has 0 bridgehead atoms. The van der Waals surface area contributed by atoms with Crippen LogP contribution >= 0.6 is 0 Å². The Kier molecular flexibility index (Phi) is 4.56. The van der Waals surface area contributed by atoms with E-state index >= 15 is 0 Å². The molecule has 0 radical (unpaired) electrons. The highest BCUT2D eigenvalue weighted by molar-refractivity contribution is 4.86. The van der Waals surface area contributed by atoms with E-state index in [0.29, 0.717) is 12.1 Å². The van der Waals surface area contributed by atoms with Crippen LogP contribution in [0.15, 0.2) is 0 Å². The molecule has 3 atom stereocenters. The normalized spacial score (nSPS) is 32.6. The van der Waals surface area contributed by atoms with Crippen LogP contribution in [0.3, 0.4) is 0 Å². The molecule has 1 saturated heterocycles. The van der Waals surface area contributed by atoms with Crippen molar-refractivity contribution in [1.82, 2.24) is 4.90 Å². The largest absolute Gasteiger partial charge is 0.376 e. The maximum atomic E-state index is 6.23. The Bertz CT molecular complexity index is 194. The van der Waals surface area contributed by atoms with E-state index in [4.69, 9.17) is 10.5 Å². The number of rotatable bonds is 4. The molecular formula is C12H26N2O. The molecule has 3 heteroatoms. The average molecular weight is 214 g/mol. The van der Waals surface area contributed by atoms with Crippen molar-refractivity contribution in [3.8, 4) is 0 Å². The molecule has 1 aliphatic heterocycles. The van der Waals surface area contributed by atoms with E-state index < -0.39 is 0 Å². The molecule has 1 rings (SSSR count). The minimum absolute atomic E-state index is 0.0650. The van der Waals surface area contributed by atoms with Crippen molar-refractivity contribution in [3.63, 3.8) is 0 Å². The van der Waals surface area contributed by atoms with Crippen LogP contribution in [0, 0.1) is 0 Å². The van der Waals surface area contributed by atoms with E-state index in [2.05, 4.69) is 32.6 Å². The van der Waals surface area contributed by atoms with Crippen LogP contribution in [-0.4, -0.2) is 42.3 Å². The lowest BCUT2D eigenvalue weighted by Crippen LogP contribution is -2.56. The van der Waals surface area contributed by atoms with Gasteiger partial charge in [-0.3, -0.25) is 4.90 Å². The Morgan fingerprint density at radius 1 is 1.47 bits per heavy atom. The first kappa shape index (κ1) is 12.9. The summed E-state index contributed by atoms with van der Waals surface area (Å²) in [6.07, 6.45) is 2.52. The van der Waals surface area contributed by atoms with Gasteiger partial charge >= 0.3 is 0 Å². The molecule has 3 nitrogen and oxygen atoms in total. The Morgan fingerprint density at radius 2 is 2.13 bits per heavy atom. The molecule has 1 fully saturated rings. The molecule has 90 valence electrons. The van der Waals surface area contributed by atoms with Gasteiger partial charge in [0.05, 0.1) is 12.7 Å². The van der Waals surface area contributed by atoms with Crippen molar-refractivity contribution in [1.29, 1.82) is 0 Å². The summed E-state index contributed by atoms with van der Waals surface area (Å²) in [4.78, 5) is 2.50. The van der Waals surface area contributed by atoms with E-state index in [1.165, 1.54) is 0 Å². The molecule has 0 aliphatic carbocycles. The third kappa shape index (κ3) is 3.74. The third-order valence-corrected chi connectivity index (χ3v) is 3.42. The lowest BCUT2D eigenvalue weighted by Gasteiger charge is -2.42. The first-order valence-electron chi connectivity index (χ1n) is 6.13. The van der Waals surface area contributed by atoms with Crippen LogP contribution in [-0.2, 0) is 4.74 Å². The highest BCUT2D eigenvalue weighted by atomic mass is 16.5. The zero-order chi connectivity index (χ0) is 11.5. The van der Waals surface area contributed by atoms with E-state index in [9.17, 15) is 0 Å². The van der Waals surface area contributed by atoms with Gasteiger partial charge in [-0.25, -0.2) is 0 Å². The Labute approximate surface area is 94.0 Å². The fourth-order valence-electron chi connectivity index (χ4n) is 2.06. The molecule has 0 saturated carbocycles. The molecule has 1 aliphatic rings. The molecule has 0 aromatic carbocycles. The van der Waals surface area contributed by atoms with Gasteiger partial charge in [-0.2, -0.15) is 0 Å². The molecule has 15 heavy (non-hydrogen) atoms. The summed E-state index contributed by atoms with van der Waals surface area (Å²) in [7, 11) is 0. The van der Waals surface area contributed by atoms with Crippen molar-refractivity contribution in [3.05, 3.63) is 0 Å². The topological polar surface area (TPSA) is 38.5 Å². The zero-order valence-electron chi connectivity index (χ0n) is 10.6. The summed E-state index contributed by atoms with van der Waals surface area (Å²) in [6, 6.07) is 0.552. The predicted octanol–water partition coefficient (Wildman–Crippen LogP) is 1.61. The Morgan fingerprint density at radius 3 is 2.67 bits per heavy atom. The second kappa shape index (κ2) is 5.28. The lowest BCUT2D eigenvalue weighted by atomic mass is 9.97. The highest BCUT2D eigenvalue weighted by Crippen LogP contribution is 2.18. The van der Waals surface area contributed by atoms with Crippen molar-refractivity contribution in [2.24, 2.45) is 5.73 Å². The standard InChI is InChI=1S/C12H26N2O/c1-5-11-8-15-10(3)7-14(11)9-12(4,13)6-2/h10-11H,5-9,13H2,1-4H3. The van der Waals surface area contributed by atoms with Gasteiger partial charge < -0.3 is 10.5 Å². The first-order valence-corrected chi connectivity index (χ1v) is 6.13. The minimum atomic E-state index is -0.0650. The summed E-state index contributed by atoms with van der Waals surface area (Å²) in [5.74, 6) is 0. The first-order chi connectivity index (χ1) is 6.98. The molecular weight excluding hydrogens is 188 g/mol. The molecule has 0 aromatic heterocycles. The second-order valence-electron chi connectivity index (χ2n) is 5.14. The molecule has 0 aromatic rings. The molecule has 3 unspecified atom stereocenters. The zero-order valence-corrected chi connectivity index (χ0v) is 10.6. The summed E-state index contributed by atoms with van der Waals surface area (Å²) < 4.78 is 5.68. The number of hydrogen-bond donors (Lipinski definition) is 1. The van der Waals surface area contributed by atoms with Gasteiger partial charge in [0.15, 0.2) is 0 Å². The molecule has 0 spiro atoms. The van der Waals surface area contributed by atoms with Gasteiger partial charge in [-0.15, -0.1) is 0 Å². The number of nitrogens with zero attached hydrogens (tertiary/aromatic N) is 1. The maximum absolute atomic E-state index is 6.23. The van der Waals surface area contributed by atoms with Gasteiger partial charge in [0.2, 0.25) is 0 Å². The van der Waals surface area contributed by atoms with E-state index in [-0.39, 0.29) is 5.54 Å². The quantitative estimate of drug-likeness (QED) is 0.773. The highest BCUT2D eigenvalue weighted by Gasteiger charge is 2.29. The van der Waals surface area contributed by atoms with Crippen molar-refractivity contribution >= 4 is 0 Å². The van der Waals surface area contributed by atoms with Crippen LogP contribution in [0.1, 0.15) is 40.5 Å². The van der Waals surface area contributed by atoms with Gasteiger partial charge in [-0.05, 0) is 26.7 Å². The van der Waals surface area contributed by atoms with Crippen LogP contribution in [0.2, 0.25) is 0 Å². The van der Waals surface area contributed by atoms with Crippen LogP contribution in [0.4, 0.5) is 0 Å². The second-order valence-corrected chi connectivity index (χ2v) is 5.14. The van der Waals surface area contributed by atoms with E-state index in [0.717, 1.165) is 32.5 Å². The van der Waals surface area contributed by atoms with Crippen molar-refractivity contribution < 1.29 is 4.74 Å². The fourth-order valence-corrected chi connectivity index (χ4v) is 2.06. The van der Waals surface area contributed by atoms with Gasteiger partial charge in [-0.1, -0.05) is 13.8 Å². The number of morpholine rings is 1. The van der Waals surface area contributed by atoms with E-state index in [1.54, 1.807) is 0 Å². The number of nitrogens with two attached hydrogens (primary N) is 1. The monoisotopic (exact) mass is 214 g/mol. The maximum Gasteiger partial charge on any atom is 0.0674 e. The number of hydrogen-bond acceptors (Lipinski definition) is 3. The number of ether oxygens (including phenoxy) is 1. The van der Waals surface area contributed by atoms with E-state index in [1.807, 2.05) is 0 Å². The van der Waals surface area contributed by atoms with Gasteiger partial charge in [0, 0.05) is 24.7 Å². The lowest BCUT2D eigenvalue weighted by molar-refractivity contribution is -0.0617. The predicted molar refractivity (Wildman–Crippen MR) is 63.9 cm³/mol. The van der Waals surface area contributed by atoms with Gasteiger partial charge in [0.1, 0.15) is 0 Å². The smallest absolute Gasteiger partial charge is 0.0674 e. The van der Waals surface area contributed by atoms with Crippen LogP contribution in [0.25, 0.3) is 0 Å². The van der Waals surface area contributed by atoms with Crippen molar-refractivity contribution in [2.75, 3.05) is 19.7 Å². The van der Waals surface area contributed by atoms with Gasteiger partial charge in [0.25, 0.3) is 0 Å². The fraction of sp³-hybridized carbons (Fsp3) is 1.00. The van der Waals surface area contributed by atoms with Crippen molar-refractivity contribution in [2.45, 2.75) is 58.2 Å². The minimum Gasteiger partial charge on any atom is -0.376 e. The SMILES string of the molecule is CCC1COC(C)CN1CC(C)(N)CC. The summed E-state index contributed by atoms with van der Waals surface area (Å²) in [5, 5.41) is 0. The van der Waals surface area contributed by atoms with Crippen LogP contribution in [0.5, 0.6) is 0 Å². The van der Waals surface area contributed by atoms with Crippen LogP contribution < -0.4 is 5.73 Å². The molecule has 2 N–H and O–H groups in total. The third-order valence-electron chi connectivity index (χ3n) is 3.42. The Hall–Kier alpha value is -0.120. The average Bonchev–Trinajstić information content (AvgIpc) is 2.18. The summed E-state index contributed by atoms with van der Waals surface area (Å²) in [6.45, 7) is 11.5. The summed E-state index contributed by atoms with van der Waals surface area (Å²) in [5.41, 5.74) is 6.16.